The number of benzene rings is 2. The fourth-order valence-corrected chi connectivity index (χ4v) is 4.05. The van der Waals surface area contributed by atoms with Gasteiger partial charge in [0, 0.05) is 27.0 Å². The maximum absolute atomic E-state index is 12.5. The Hall–Kier alpha value is -1.33. The highest BCUT2D eigenvalue weighted by Gasteiger charge is 2.19. The topological polar surface area (TPSA) is 52.3 Å². The van der Waals surface area contributed by atoms with Crippen molar-refractivity contribution in [2.75, 3.05) is 12.3 Å². The molecule has 2 N–H and O–H groups in total. The molecule has 0 fully saturated rings. The average molecular weight is 352 g/mol. The second-order valence-electron chi connectivity index (χ2n) is 4.71. The van der Waals surface area contributed by atoms with Crippen molar-refractivity contribution >= 4 is 32.4 Å². The lowest BCUT2D eigenvalue weighted by atomic mass is 10.1. The van der Waals surface area contributed by atoms with Crippen molar-refractivity contribution < 1.29 is 8.95 Å². The molecule has 3 rings (SSSR count). The maximum Gasteiger partial charge on any atom is 0.126 e. The van der Waals surface area contributed by atoms with Gasteiger partial charge in [0.2, 0.25) is 0 Å². The lowest BCUT2D eigenvalue weighted by Gasteiger charge is -2.09. The summed E-state index contributed by atoms with van der Waals surface area (Å²) in [5.74, 6) is 1.33. The molecule has 0 radical (unpaired) electrons. The van der Waals surface area contributed by atoms with Crippen LogP contribution in [0.4, 0.5) is 5.69 Å². The molecule has 1 atom stereocenters. The zero-order valence-electron chi connectivity index (χ0n) is 10.8. The fourth-order valence-electron chi connectivity index (χ4n) is 2.33. The molecule has 0 aliphatic carbocycles. The first kappa shape index (κ1) is 13.6. The maximum atomic E-state index is 12.5. The zero-order valence-corrected chi connectivity index (χ0v) is 13.2. The molecule has 2 aromatic carbocycles. The summed E-state index contributed by atoms with van der Waals surface area (Å²) in [4.78, 5) is 0.747. The smallest absolute Gasteiger partial charge is 0.126 e. The number of rotatable bonds is 3. The number of nitrogens with two attached hydrogens (primary N) is 1. The van der Waals surface area contributed by atoms with E-state index in [2.05, 4.69) is 22.0 Å². The number of nitrogen functional groups attached to an aromatic ring is 1. The van der Waals surface area contributed by atoms with Gasteiger partial charge in [0.15, 0.2) is 0 Å². The van der Waals surface area contributed by atoms with Crippen LogP contribution in [0.25, 0.3) is 0 Å². The van der Waals surface area contributed by atoms with Crippen molar-refractivity contribution in [3.8, 4) is 5.75 Å². The third-order valence-electron chi connectivity index (χ3n) is 3.23. The summed E-state index contributed by atoms with van der Waals surface area (Å²) >= 11 is 3.50. The minimum absolute atomic E-state index is 0.436. The number of hydrogen-bond donors (Lipinski definition) is 1. The van der Waals surface area contributed by atoms with E-state index in [9.17, 15) is 4.21 Å². The Labute approximate surface area is 128 Å². The molecular formula is C15H14BrNO2S. The molecule has 0 saturated heterocycles. The number of halogens is 1. The summed E-state index contributed by atoms with van der Waals surface area (Å²) in [6.45, 7) is 0.698. The summed E-state index contributed by atoms with van der Waals surface area (Å²) in [5, 5.41) is 0. The van der Waals surface area contributed by atoms with Gasteiger partial charge in [0.05, 0.1) is 23.2 Å². The van der Waals surface area contributed by atoms with Crippen molar-refractivity contribution in [1.82, 2.24) is 0 Å². The summed E-state index contributed by atoms with van der Waals surface area (Å²) in [6, 6.07) is 11.3. The molecule has 1 unspecified atom stereocenters. The number of anilines is 1. The summed E-state index contributed by atoms with van der Waals surface area (Å²) in [7, 11) is -1.13. The SMILES string of the molecule is Nc1cccc(S(=O)Cc2cc(Br)cc3c2OCC3)c1. The standard InChI is InChI=1S/C15H14BrNO2S/c16-12-6-10-4-5-19-15(10)11(7-12)9-20(18)14-3-1-2-13(17)8-14/h1-3,6-8H,4-5,9,17H2. The lowest BCUT2D eigenvalue weighted by Crippen LogP contribution is -2.00. The largest absolute Gasteiger partial charge is 0.493 e. The summed E-state index contributed by atoms with van der Waals surface area (Å²) in [5.41, 5.74) is 8.53. The van der Waals surface area contributed by atoms with Gasteiger partial charge in [-0.15, -0.1) is 0 Å². The van der Waals surface area contributed by atoms with Crippen LogP contribution >= 0.6 is 15.9 Å². The van der Waals surface area contributed by atoms with Gasteiger partial charge < -0.3 is 10.5 Å². The van der Waals surface area contributed by atoms with Gasteiger partial charge in [-0.1, -0.05) is 22.0 Å². The van der Waals surface area contributed by atoms with E-state index in [0.29, 0.717) is 18.0 Å². The van der Waals surface area contributed by atoms with Crippen molar-refractivity contribution in [2.24, 2.45) is 0 Å². The van der Waals surface area contributed by atoms with Gasteiger partial charge in [-0.25, -0.2) is 0 Å². The van der Waals surface area contributed by atoms with E-state index in [1.807, 2.05) is 18.2 Å². The molecule has 5 heteroatoms. The summed E-state index contributed by atoms with van der Waals surface area (Å²) < 4.78 is 19.1. The molecule has 2 aromatic rings. The van der Waals surface area contributed by atoms with E-state index in [1.54, 1.807) is 12.1 Å². The van der Waals surface area contributed by atoms with Gasteiger partial charge in [-0.05, 0) is 35.9 Å². The quantitative estimate of drug-likeness (QED) is 0.863. The highest BCUT2D eigenvalue weighted by molar-refractivity contribution is 9.10. The molecule has 104 valence electrons. The highest BCUT2D eigenvalue weighted by atomic mass is 79.9. The van der Waals surface area contributed by atoms with Crippen LogP contribution in [0.2, 0.25) is 0 Å². The van der Waals surface area contributed by atoms with Crippen LogP contribution in [-0.4, -0.2) is 10.8 Å². The lowest BCUT2D eigenvalue weighted by molar-refractivity contribution is 0.354. The normalized spacial score (nSPS) is 14.7. The highest BCUT2D eigenvalue weighted by Crippen LogP contribution is 2.34. The van der Waals surface area contributed by atoms with Crippen molar-refractivity contribution in [3.05, 3.63) is 52.0 Å². The van der Waals surface area contributed by atoms with E-state index >= 15 is 0 Å². The van der Waals surface area contributed by atoms with Gasteiger partial charge >= 0.3 is 0 Å². The van der Waals surface area contributed by atoms with E-state index in [0.717, 1.165) is 27.1 Å². The molecule has 1 aliphatic heterocycles. The first-order valence-corrected chi connectivity index (χ1v) is 8.43. The molecule has 0 aromatic heterocycles. The van der Waals surface area contributed by atoms with E-state index in [4.69, 9.17) is 10.5 Å². The van der Waals surface area contributed by atoms with E-state index in [1.165, 1.54) is 5.56 Å². The Balaban J connectivity index is 1.90. The van der Waals surface area contributed by atoms with Crippen LogP contribution in [0.1, 0.15) is 11.1 Å². The minimum Gasteiger partial charge on any atom is -0.493 e. The predicted octanol–water partition coefficient (Wildman–Crippen LogP) is 3.27. The Morgan fingerprint density at radius 2 is 2.15 bits per heavy atom. The molecule has 20 heavy (non-hydrogen) atoms. The van der Waals surface area contributed by atoms with Gasteiger partial charge in [-0.3, -0.25) is 4.21 Å². The molecule has 0 bridgehead atoms. The molecule has 1 heterocycles. The Kier molecular flexibility index (Phi) is 3.81. The Morgan fingerprint density at radius 3 is 2.95 bits per heavy atom. The number of hydrogen-bond acceptors (Lipinski definition) is 3. The van der Waals surface area contributed by atoms with Gasteiger partial charge in [-0.2, -0.15) is 0 Å². The van der Waals surface area contributed by atoms with Crippen LogP contribution in [0.5, 0.6) is 5.75 Å². The first-order chi connectivity index (χ1) is 9.63. The second-order valence-corrected chi connectivity index (χ2v) is 7.08. The predicted molar refractivity (Wildman–Crippen MR) is 84.3 cm³/mol. The molecule has 0 spiro atoms. The number of ether oxygens (including phenoxy) is 1. The first-order valence-electron chi connectivity index (χ1n) is 6.31. The molecular weight excluding hydrogens is 338 g/mol. The summed E-state index contributed by atoms with van der Waals surface area (Å²) in [6.07, 6.45) is 0.909. The van der Waals surface area contributed by atoms with Crippen LogP contribution in [0, 0.1) is 0 Å². The average Bonchev–Trinajstić information content (AvgIpc) is 2.86. The third kappa shape index (κ3) is 2.74. The van der Waals surface area contributed by atoms with Crippen LogP contribution in [0.15, 0.2) is 45.8 Å². The van der Waals surface area contributed by atoms with E-state index in [-0.39, 0.29) is 0 Å². The van der Waals surface area contributed by atoms with Gasteiger partial charge in [0.1, 0.15) is 5.75 Å². The van der Waals surface area contributed by atoms with Crippen LogP contribution < -0.4 is 10.5 Å². The monoisotopic (exact) mass is 351 g/mol. The third-order valence-corrected chi connectivity index (χ3v) is 5.04. The van der Waals surface area contributed by atoms with Crippen molar-refractivity contribution in [3.63, 3.8) is 0 Å². The van der Waals surface area contributed by atoms with Crippen LogP contribution in [-0.2, 0) is 23.0 Å². The van der Waals surface area contributed by atoms with Crippen molar-refractivity contribution in [1.29, 1.82) is 0 Å². The molecule has 1 aliphatic rings. The molecule has 0 saturated carbocycles. The molecule has 3 nitrogen and oxygen atoms in total. The fraction of sp³-hybridized carbons (Fsp3) is 0.200. The van der Waals surface area contributed by atoms with Gasteiger partial charge in [0.25, 0.3) is 0 Å². The minimum atomic E-state index is -1.13. The second kappa shape index (κ2) is 5.58. The van der Waals surface area contributed by atoms with Crippen LogP contribution in [0.3, 0.4) is 0 Å². The molecule has 0 amide bonds. The Morgan fingerprint density at radius 1 is 1.30 bits per heavy atom. The number of fused-ring (bicyclic) bond motifs is 1. The van der Waals surface area contributed by atoms with Crippen molar-refractivity contribution in [2.45, 2.75) is 17.1 Å². The van der Waals surface area contributed by atoms with E-state index < -0.39 is 10.8 Å². The Bertz CT molecular complexity index is 688. The zero-order chi connectivity index (χ0) is 14.1.